The lowest BCUT2D eigenvalue weighted by Gasteiger charge is -2.33. The highest BCUT2D eigenvalue weighted by Gasteiger charge is 2.37. The smallest absolute Gasteiger partial charge is 0.337 e. The molecule has 0 aliphatic carbocycles. The van der Waals surface area contributed by atoms with E-state index in [0.29, 0.717) is 70.7 Å². The number of carbonyl (C=O) groups is 1. The van der Waals surface area contributed by atoms with Gasteiger partial charge in [0.15, 0.2) is 0 Å². The minimum atomic E-state index is -0.694. The van der Waals surface area contributed by atoms with Gasteiger partial charge in [-0.2, -0.15) is 0 Å². The maximum Gasteiger partial charge on any atom is 0.337 e. The van der Waals surface area contributed by atoms with Gasteiger partial charge in [-0.05, 0) is 47.7 Å². The monoisotopic (exact) mass is 539 g/mol. The van der Waals surface area contributed by atoms with Crippen LogP contribution in [0.15, 0.2) is 84.1 Å². The van der Waals surface area contributed by atoms with E-state index in [0.717, 1.165) is 11.1 Å². The molecule has 2 aliphatic heterocycles. The SMILES string of the molecule is COc1ccccc1-c1cc(O)c2c(c1)NC(C)=C(C(=O)OC1CCOCC1)[C@H]2c1ccc(F)c2ccccc12. The minimum absolute atomic E-state index is 0.00757. The van der Waals surface area contributed by atoms with Gasteiger partial charge in [0.25, 0.3) is 0 Å². The first kappa shape index (κ1) is 25.9. The van der Waals surface area contributed by atoms with Crippen molar-refractivity contribution < 1.29 is 28.5 Å². The van der Waals surface area contributed by atoms with E-state index in [-0.39, 0.29) is 17.7 Å². The summed E-state index contributed by atoms with van der Waals surface area (Å²) in [6, 6.07) is 21.5. The zero-order valence-corrected chi connectivity index (χ0v) is 22.4. The Morgan fingerprint density at radius 3 is 2.50 bits per heavy atom. The first-order valence-electron chi connectivity index (χ1n) is 13.4. The molecule has 0 bridgehead atoms. The molecule has 1 atom stereocenters. The van der Waals surface area contributed by atoms with Crippen molar-refractivity contribution in [1.82, 2.24) is 0 Å². The molecule has 6 nitrogen and oxygen atoms in total. The van der Waals surface area contributed by atoms with E-state index < -0.39 is 11.9 Å². The van der Waals surface area contributed by atoms with Crippen molar-refractivity contribution in [2.75, 3.05) is 25.6 Å². The number of hydrogen-bond donors (Lipinski definition) is 2. The first-order chi connectivity index (χ1) is 19.5. The minimum Gasteiger partial charge on any atom is -0.508 e. The Morgan fingerprint density at radius 2 is 1.73 bits per heavy atom. The van der Waals surface area contributed by atoms with Gasteiger partial charge in [0.2, 0.25) is 0 Å². The van der Waals surface area contributed by atoms with Crippen molar-refractivity contribution in [2.45, 2.75) is 31.8 Å². The topological polar surface area (TPSA) is 77.0 Å². The summed E-state index contributed by atoms with van der Waals surface area (Å²) in [6.45, 7) is 2.90. The summed E-state index contributed by atoms with van der Waals surface area (Å²) in [5.74, 6) is -0.828. The first-order valence-corrected chi connectivity index (χ1v) is 13.4. The van der Waals surface area contributed by atoms with Crippen LogP contribution in [0.2, 0.25) is 0 Å². The van der Waals surface area contributed by atoms with Crippen molar-refractivity contribution in [1.29, 1.82) is 0 Å². The molecule has 2 N–H and O–H groups in total. The standard InChI is InChI=1S/C33H30FNO5/c1-19-30(33(37)40-21-13-15-39-16-14-21)31(25-11-12-26(34)24-9-4-3-8-23(24)25)32-27(35-19)17-20(18-28(32)36)22-7-5-6-10-29(22)38-2/h3-12,17-18,21,31,35-36H,13-16H2,1-2H3/t31-/m1/s1. The quantitative estimate of drug-likeness (QED) is 0.268. The van der Waals surface area contributed by atoms with E-state index >= 15 is 0 Å². The number of carbonyl (C=O) groups excluding carboxylic acids is 1. The van der Waals surface area contributed by atoms with Crippen LogP contribution in [0.3, 0.4) is 0 Å². The second-order valence-corrected chi connectivity index (χ2v) is 10.2. The Kier molecular flexibility index (Phi) is 6.90. The van der Waals surface area contributed by atoms with Crippen LogP contribution < -0.4 is 10.1 Å². The summed E-state index contributed by atoms with van der Waals surface area (Å²) in [7, 11) is 1.61. The molecule has 0 aromatic heterocycles. The summed E-state index contributed by atoms with van der Waals surface area (Å²) in [5.41, 5.74) is 4.46. The number of anilines is 1. The number of esters is 1. The van der Waals surface area contributed by atoms with E-state index in [2.05, 4.69) is 5.32 Å². The van der Waals surface area contributed by atoms with Crippen molar-refractivity contribution in [3.8, 4) is 22.6 Å². The van der Waals surface area contributed by atoms with Crippen LogP contribution in [-0.4, -0.2) is 37.5 Å². The molecule has 6 rings (SSSR count). The van der Waals surface area contributed by atoms with Crippen LogP contribution >= 0.6 is 0 Å². The Labute approximate surface area is 232 Å². The molecule has 0 saturated carbocycles. The van der Waals surface area contributed by atoms with Gasteiger partial charge in [0.05, 0.1) is 25.9 Å². The van der Waals surface area contributed by atoms with Crippen LogP contribution in [0.25, 0.3) is 21.9 Å². The fourth-order valence-corrected chi connectivity index (χ4v) is 5.84. The third-order valence-corrected chi connectivity index (χ3v) is 7.76. The number of phenols is 1. The van der Waals surface area contributed by atoms with Crippen LogP contribution in [-0.2, 0) is 14.3 Å². The zero-order valence-electron chi connectivity index (χ0n) is 22.4. The van der Waals surface area contributed by atoms with Crippen molar-refractivity contribution in [3.05, 3.63) is 101 Å². The lowest BCUT2D eigenvalue weighted by atomic mass is 9.78. The fraction of sp³-hybridized carbons (Fsp3) is 0.242. The number of rotatable bonds is 5. The predicted molar refractivity (Wildman–Crippen MR) is 152 cm³/mol. The molecule has 4 aromatic rings. The molecular weight excluding hydrogens is 509 g/mol. The molecule has 2 heterocycles. The normalized spacial score (nSPS) is 17.3. The number of halogens is 1. The molecule has 204 valence electrons. The number of methoxy groups -OCH3 is 1. The molecule has 0 unspecified atom stereocenters. The molecular formula is C33H30FNO5. The summed E-state index contributed by atoms with van der Waals surface area (Å²) < 4.78 is 31.8. The maximum absolute atomic E-state index is 14.9. The Morgan fingerprint density at radius 1 is 1.00 bits per heavy atom. The maximum atomic E-state index is 14.9. The molecule has 2 aliphatic rings. The van der Waals surface area contributed by atoms with Gasteiger partial charge < -0.3 is 24.6 Å². The summed E-state index contributed by atoms with van der Waals surface area (Å²) in [5, 5.41) is 16.0. The highest BCUT2D eigenvalue weighted by Crippen LogP contribution is 2.50. The number of fused-ring (bicyclic) bond motifs is 2. The van der Waals surface area contributed by atoms with Gasteiger partial charge in [0.1, 0.15) is 23.4 Å². The highest BCUT2D eigenvalue weighted by molar-refractivity contribution is 5.98. The van der Waals surface area contributed by atoms with E-state index in [1.807, 2.05) is 49.4 Å². The van der Waals surface area contributed by atoms with Gasteiger partial charge >= 0.3 is 5.97 Å². The number of phenolic OH excluding ortho intramolecular Hbond substituents is 1. The van der Waals surface area contributed by atoms with Gasteiger partial charge in [-0.1, -0.05) is 48.5 Å². The highest BCUT2D eigenvalue weighted by atomic mass is 19.1. The molecule has 0 radical (unpaired) electrons. The number of para-hydroxylation sites is 1. The van der Waals surface area contributed by atoms with E-state index in [9.17, 15) is 14.3 Å². The van der Waals surface area contributed by atoms with E-state index in [1.54, 1.807) is 31.4 Å². The summed E-state index contributed by atoms with van der Waals surface area (Å²) in [4.78, 5) is 13.8. The van der Waals surface area contributed by atoms with Crippen LogP contribution in [0.1, 0.15) is 36.8 Å². The number of benzene rings is 4. The third kappa shape index (κ3) is 4.56. The number of hydrogen-bond acceptors (Lipinski definition) is 6. The van der Waals surface area contributed by atoms with Crippen LogP contribution in [0.4, 0.5) is 10.1 Å². The average Bonchev–Trinajstić information content (AvgIpc) is 2.97. The Hall–Kier alpha value is -4.36. The van der Waals surface area contributed by atoms with Crippen LogP contribution in [0.5, 0.6) is 11.5 Å². The molecule has 40 heavy (non-hydrogen) atoms. The van der Waals surface area contributed by atoms with Gasteiger partial charge in [0, 0.05) is 46.7 Å². The predicted octanol–water partition coefficient (Wildman–Crippen LogP) is 6.91. The number of allylic oxidation sites excluding steroid dienone is 1. The largest absolute Gasteiger partial charge is 0.508 e. The van der Waals surface area contributed by atoms with Crippen LogP contribution in [0, 0.1) is 5.82 Å². The van der Waals surface area contributed by atoms with Crippen molar-refractivity contribution >= 4 is 22.4 Å². The summed E-state index contributed by atoms with van der Waals surface area (Å²) in [6.07, 6.45) is 0.995. The zero-order chi connectivity index (χ0) is 27.8. The Bertz CT molecular complexity index is 1640. The number of aromatic hydroxyl groups is 1. The second-order valence-electron chi connectivity index (χ2n) is 10.2. The average molecular weight is 540 g/mol. The molecule has 0 spiro atoms. The van der Waals surface area contributed by atoms with Gasteiger partial charge in [-0.25, -0.2) is 9.18 Å². The molecule has 4 aromatic carbocycles. The lowest BCUT2D eigenvalue weighted by Crippen LogP contribution is -2.30. The summed E-state index contributed by atoms with van der Waals surface area (Å²) >= 11 is 0. The van der Waals surface area contributed by atoms with Gasteiger partial charge in [-0.3, -0.25) is 0 Å². The van der Waals surface area contributed by atoms with Crippen molar-refractivity contribution in [3.63, 3.8) is 0 Å². The molecule has 1 saturated heterocycles. The number of nitrogens with one attached hydrogen (secondary N) is 1. The fourth-order valence-electron chi connectivity index (χ4n) is 5.84. The lowest BCUT2D eigenvalue weighted by molar-refractivity contribution is -0.148. The number of ether oxygens (including phenoxy) is 3. The van der Waals surface area contributed by atoms with E-state index in [1.165, 1.54) is 6.07 Å². The molecule has 7 heteroatoms. The Balaban J connectivity index is 1.54. The van der Waals surface area contributed by atoms with Gasteiger partial charge in [-0.15, -0.1) is 0 Å². The van der Waals surface area contributed by atoms with Crippen molar-refractivity contribution in [2.24, 2.45) is 0 Å². The van der Waals surface area contributed by atoms with E-state index in [4.69, 9.17) is 14.2 Å². The molecule has 0 amide bonds. The second kappa shape index (κ2) is 10.7. The third-order valence-electron chi connectivity index (χ3n) is 7.76. The molecule has 1 fully saturated rings.